The van der Waals surface area contributed by atoms with Crippen LogP contribution in [0.4, 0.5) is 11.4 Å². The van der Waals surface area contributed by atoms with Gasteiger partial charge in [0.1, 0.15) is 12.3 Å². The van der Waals surface area contributed by atoms with E-state index < -0.39 is 63.7 Å². The first-order valence-electron chi connectivity index (χ1n) is 25.5. The number of likely N-dealkylation sites (N-methyl/N-ethyl adjacent to an activating group) is 2. The van der Waals surface area contributed by atoms with Crippen molar-refractivity contribution in [1.82, 2.24) is 19.6 Å². The van der Waals surface area contributed by atoms with Crippen molar-refractivity contribution in [3.8, 4) is 0 Å². The molecule has 0 N–H and O–H groups in total. The number of hydrogen-bond donors (Lipinski definition) is 0. The number of allylic oxidation sites excluding steroid dienone is 2. The van der Waals surface area contributed by atoms with E-state index in [9.17, 15) is 36.0 Å². The van der Waals surface area contributed by atoms with Gasteiger partial charge in [-0.25, -0.2) is 25.4 Å². The van der Waals surface area contributed by atoms with Gasteiger partial charge in [0.15, 0.2) is 20.5 Å². The molecule has 6 aromatic rings. The predicted molar refractivity (Wildman–Crippen MR) is 304 cm³/mol. The van der Waals surface area contributed by atoms with Crippen LogP contribution in [0.5, 0.6) is 0 Å². The average Bonchev–Trinajstić information content (AvgIpc) is 4.50. The molecule has 0 aromatic heterocycles. The standard InChI is InChI=1S/2C29H23N3O4S3/c2*1-30-25-24(33)31-26-28(17-29(31,27(30)34)38-37-25,21-16-15-18-9-5-6-12-20(18)21)22-13-7-8-14-23(22)32(26)39(35,36)19-10-3-2-4-11-19/h2*2-14,16,25-26H,15,17H2,1H3/t2*25-,26-,28-,29-/m00/s1. The van der Waals surface area contributed by atoms with E-state index in [4.69, 9.17) is 0 Å². The maximum atomic E-state index is 14.5. The summed E-state index contributed by atoms with van der Waals surface area (Å²) in [6.45, 7) is 0. The lowest BCUT2D eigenvalue weighted by Crippen LogP contribution is -2.72. The maximum Gasteiger partial charge on any atom is 0.266 e. The molecule has 14 nitrogen and oxygen atoms in total. The monoisotopic (exact) mass is 1150 g/mol. The number of carbonyl (C=O) groups excluding carboxylic acids is 4. The zero-order chi connectivity index (χ0) is 53.5. The number of benzene rings is 6. The van der Waals surface area contributed by atoms with Gasteiger partial charge in [-0.15, -0.1) is 0 Å². The molecule has 392 valence electrons. The Morgan fingerprint density at radius 1 is 0.462 bits per heavy atom. The molecule has 78 heavy (non-hydrogen) atoms. The van der Waals surface area contributed by atoms with Gasteiger partial charge in [0.2, 0.25) is 0 Å². The second-order valence-electron chi connectivity index (χ2n) is 21.1. The number of anilines is 2. The number of fused-ring (bicyclic) bond motifs is 12. The first-order valence-corrected chi connectivity index (χ1v) is 32.8. The van der Waals surface area contributed by atoms with Gasteiger partial charge in [0.25, 0.3) is 43.7 Å². The zero-order valence-corrected chi connectivity index (χ0v) is 46.6. The van der Waals surface area contributed by atoms with E-state index in [1.165, 1.54) is 61.6 Å². The van der Waals surface area contributed by atoms with Gasteiger partial charge < -0.3 is 9.80 Å². The molecule has 2 aliphatic carbocycles. The Bertz CT molecular complexity index is 3740. The summed E-state index contributed by atoms with van der Waals surface area (Å²) < 4.78 is 61.0. The fourth-order valence-corrected chi connectivity index (χ4v) is 24.7. The largest absolute Gasteiger partial charge is 0.322 e. The minimum absolute atomic E-state index is 0.147. The number of sulfonamides is 2. The number of carbonyl (C=O) groups is 4. The minimum atomic E-state index is -4.11. The fourth-order valence-electron chi connectivity index (χ4n) is 14.4. The van der Waals surface area contributed by atoms with Gasteiger partial charge >= 0.3 is 0 Å². The summed E-state index contributed by atoms with van der Waals surface area (Å²) >= 11 is 0. The fraction of sp³-hybridized carbons (Fsp3) is 0.241. The smallest absolute Gasteiger partial charge is 0.266 e. The Kier molecular flexibility index (Phi) is 10.3. The van der Waals surface area contributed by atoms with Crippen LogP contribution in [0.15, 0.2) is 180 Å². The van der Waals surface area contributed by atoms with Gasteiger partial charge in [-0.2, -0.15) is 0 Å². The molecule has 6 aromatic carbocycles. The van der Waals surface area contributed by atoms with Gasteiger partial charge in [0, 0.05) is 26.9 Å². The Hall–Kier alpha value is -6.42. The molecular formula is C58H46N6O8S6. The Balaban J connectivity index is 0.000000136. The Morgan fingerprint density at radius 2 is 0.821 bits per heavy atom. The first-order chi connectivity index (χ1) is 37.6. The average molecular weight is 1150 g/mol. The van der Waals surface area contributed by atoms with Crippen molar-refractivity contribution in [1.29, 1.82) is 0 Å². The normalized spacial score (nSPS) is 30.3. The number of rotatable bonds is 6. The van der Waals surface area contributed by atoms with Crippen molar-refractivity contribution < 1.29 is 36.0 Å². The van der Waals surface area contributed by atoms with E-state index in [0.717, 1.165) is 44.5 Å². The van der Waals surface area contributed by atoms with Gasteiger partial charge in [-0.3, -0.25) is 29.0 Å². The lowest BCUT2D eigenvalue weighted by molar-refractivity contribution is -0.158. The Labute approximate surface area is 466 Å². The molecule has 0 saturated carbocycles. The molecule has 12 aliphatic rings. The van der Waals surface area contributed by atoms with Crippen molar-refractivity contribution in [3.05, 3.63) is 203 Å². The zero-order valence-electron chi connectivity index (χ0n) is 41.7. The molecule has 8 saturated heterocycles. The molecule has 18 rings (SSSR count). The first kappa shape index (κ1) is 48.7. The second kappa shape index (κ2) is 16.6. The number of piperazine rings is 2. The van der Waals surface area contributed by atoms with Crippen LogP contribution in [-0.4, -0.2) is 107 Å². The highest BCUT2D eigenvalue weighted by molar-refractivity contribution is 8.78. The van der Waals surface area contributed by atoms with Crippen LogP contribution in [0.2, 0.25) is 0 Å². The lowest BCUT2D eigenvalue weighted by Gasteiger charge is -2.53. The molecular weight excluding hydrogens is 1100 g/mol. The molecule has 20 heteroatoms. The molecule has 10 heterocycles. The molecule has 4 bridgehead atoms. The molecule has 10 aliphatic heterocycles. The summed E-state index contributed by atoms with van der Waals surface area (Å²) in [6, 6.07) is 48.1. The molecule has 0 unspecified atom stereocenters. The minimum Gasteiger partial charge on any atom is -0.322 e. The van der Waals surface area contributed by atoms with E-state index in [2.05, 4.69) is 36.4 Å². The van der Waals surface area contributed by atoms with E-state index in [1.54, 1.807) is 84.6 Å². The summed E-state index contributed by atoms with van der Waals surface area (Å²) in [4.78, 5) is 60.6. The van der Waals surface area contributed by atoms with E-state index in [0.29, 0.717) is 37.1 Å². The van der Waals surface area contributed by atoms with Crippen molar-refractivity contribution in [2.45, 2.75) is 79.1 Å². The van der Waals surface area contributed by atoms with Gasteiger partial charge in [-0.1, -0.05) is 177 Å². The van der Waals surface area contributed by atoms with Crippen LogP contribution in [0, 0.1) is 0 Å². The second-order valence-corrected chi connectivity index (χ2v) is 29.9. The number of hydrogen-bond acceptors (Lipinski definition) is 12. The third-order valence-corrected chi connectivity index (χ3v) is 27.6. The van der Waals surface area contributed by atoms with Crippen molar-refractivity contribution in [2.24, 2.45) is 0 Å². The van der Waals surface area contributed by atoms with Crippen LogP contribution in [-0.2, 0) is 62.9 Å². The summed E-state index contributed by atoms with van der Waals surface area (Å²) in [6.07, 6.45) is 4.52. The van der Waals surface area contributed by atoms with Crippen LogP contribution in [0.1, 0.15) is 46.2 Å². The van der Waals surface area contributed by atoms with Crippen molar-refractivity contribution in [3.63, 3.8) is 0 Å². The van der Waals surface area contributed by atoms with Crippen LogP contribution in [0.3, 0.4) is 0 Å². The van der Waals surface area contributed by atoms with Crippen molar-refractivity contribution in [2.75, 3.05) is 22.7 Å². The number of para-hydroxylation sites is 2. The Morgan fingerprint density at radius 3 is 1.23 bits per heavy atom. The molecule has 8 fully saturated rings. The molecule has 2 spiro atoms. The van der Waals surface area contributed by atoms with Gasteiger partial charge in [0.05, 0.1) is 32.0 Å². The maximum absolute atomic E-state index is 14.5. The summed E-state index contributed by atoms with van der Waals surface area (Å²) in [5.74, 6) is -0.738. The predicted octanol–water partition coefficient (Wildman–Crippen LogP) is 8.44. The molecule has 4 amide bonds. The van der Waals surface area contributed by atoms with Crippen LogP contribution in [0.25, 0.3) is 11.1 Å². The van der Waals surface area contributed by atoms with Crippen LogP contribution < -0.4 is 8.61 Å². The highest BCUT2D eigenvalue weighted by Crippen LogP contribution is 2.73. The third kappa shape index (κ3) is 5.90. The highest BCUT2D eigenvalue weighted by Gasteiger charge is 2.79. The summed E-state index contributed by atoms with van der Waals surface area (Å²) in [5, 5.41) is -1.40. The van der Waals surface area contributed by atoms with Crippen LogP contribution >= 0.6 is 43.2 Å². The molecule has 0 radical (unpaired) electrons. The lowest BCUT2D eigenvalue weighted by atomic mass is 9.70. The van der Waals surface area contributed by atoms with E-state index in [1.807, 2.05) is 72.8 Å². The van der Waals surface area contributed by atoms with E-state index >= 15 is 0 Å². The van der Waals surface area contributed by atoms with E-state index in [-0.39, 0.29) is 33.4 Å². The summed E-state index contributed by atoms with van der Waals surface area (Å²) in [5.41, 5.74) is 7.31. The van der Waals surface area contributed by atoms with Crippen molar-refractivity contribution >= 4 is 109 Å². The number of amides is 4. The third-order valence-electron chi connectivity index (χ3n) is 17.6. The SMILES string of the molecule is CN1C(=O)[C@@]23C[C@]4(C5=CCc6ccccc65)c5ccccc5N(S(=O)(=O)c5ccccc5)[C@@H]4N2C(=O)[C@@H]1SS3.CN1C(=O)[C@@]23C[C@]4(C5=CCc6ccccc65)c5ccccc5N(S(=O)(=O)c5ccccc5)[C@@H]4N2C(=O)[C@@H]1SS3. The van der Waals surface area contributed by atoms with Gasteiger partial charge in [-0.05, 0) is 93.8 Å². The topological polar surface area (TPSA) is 156 Å². The quantitative estimate of drug-likeness (QED) is 0.147. The highest BCUT2D eigenvalue weighted by atomic mass is 33.1. The molecule has 8 atom stereocenters. The number of nitrogens with zero attached hydrogens (tertiary/aromatic N) is 6. The summed E-state index contributed by atoms with van der Waals surface area (Å²) in [7, 11) is 0.743.